The summed E-state index contributed by atoms with van der Waals surface area (Å²) in [6, 6.07) is 12.0. The topological polar surface area (TPSA) is 26.3 Å². The molecule has 0 aliphatic heterocycles. The molecule has 98 valence electrons. The normalized spacial score (nSPS) is 10.3. The first kappa shape index (κ1) is 13.9. The molecule has 19 heavy (non-hydrogen) atoms. The summed E-state index contributed by atoms with van der Waals surface area (Å²) >= 11 is 11.8. The Hall–Kier alpha value is -1.51. The van der Waals surface area contributed by atoms with Crippen LogP contribution in [-0.4, -0.2) is 5.78 Å². The lowest BCUT2D eigenvalue weighted by Gasteiger charge is -2.08. The number of benzene rings is 2. The second-order valence-corrected chi connectivity index (χ2v) is 4.82. The van der Waals surface area contributed by atoms with Crippen LogP contribution in [0.5, 0.6) is 11.5 Å². The Bertz CT molecular complexity index is 592. The first-order valence-corrected chi connectivity index (χ1v) is 6.62. The van der Waals surface area contributed by atoms with Crippen molar-refractivity contribution >= 4 is 29.0 Å². The lowest BCUT2D eigenvalue weighted by molar-refractivity contribution is 0.0988. The van der Waals surface area contributed by atoms with E-state index in [1.807, 2.05) is 6.92 Å². The van der Waals surface area contributed by atoms with Crippen LogP contribution in [0.3, 0.4) is 0 Å². The third-order valence-electron chi connectivity index (χ3n) is 2.62. The minimum atomic E-state index is 0.107. The van der Waals surface area contributed by atoms with E-state index in [0.717, 1.165) is 0 Å². The fraction of sp³-hybridized carbons (Fsp3) is 0.133. The fourth-order valence-electron chi connectivity index (χ4n) is 1.60. The number of ketones is 1. The molecule has 0 saturated carbocycles. The van der Waals surface area contributed by atoms with E-state index in [2.05, 4.69) is 0 Å². The summed E-state index contributed by atoms with van der Waals surface area (Å²) in [4.78, 5) is 11.5. The van der Waals surface area contributed by atoms with Gasteiger partial charge >= 0.3 is 0 Å². The van der Waals surface area contributed by atoms with Gasteiger partial charge in [0, 0.05) is 17.0 Å². The summed E-state index contributed by atoms with van der Waals surface area (Å²) in [5.41, 5.74) is 0.678. The smallest absolute Gasteiger partial charge is 0.162 e. The minimum Gasteiger partial charge on any atom is -0.456 e. The number of halogens is 2. The molecular formula is C15H12Cl2O2. The first-order valence-electron chi connectivity index (χ1n) is 5.86. The van der Waals surface area contributed by atoms with Crippen molar-refractivity contribution in [1.82, 2.24) is 0 Å². The molecule has 0 spiro atoms. The zero-order valence-corrected chi connectivity index (χ0v) is 11.8. The molecule has 0 radical (unpaired) electrons. The van der Waals surface area contributed by atoms with Gasteiger partial charge in [-0.15, -0.1) is 0 Å². The van der Waals surface area contributed by atoms with Crippen molar-refractivity contribution < 1.29 is 9.53 Å². The van der Waals surface area contributed by atoms with Crippen LogP contribution in [0.2, 0.25) is 10.0 Å². The van der Waals surface area contributed by atoms with E-state index >= 15 is 0 Å². The molecule has 0 unspecified atom stereocenters. The van der Waals surface area contributed by atoms with Crippen molar-refractivity contribution in [2.45, 2.75) is 13.3 Å². The van der Waals surface area contributed by atoms with Crippen LogP contribution in [0.1, 0.15) is 23.7 Å². The zero-order valence-electron chi connectivity index (χ0n) is 10.3. The van der Waals surface area contributed by atoms with Crippen LogP contribution in [0.15, 0.2) is 42.5 Å². The molecule has 0 N–H and O–H groups in total. The van der Waals surface area contributed by atoms with Crippen molar-refractivity contribution in [1.29, 1.82) is 0 Å². The van der Waals surface area contributed by atoms with Crippen LogP contribution >= 0.6 is 23.2 Å². The molecule has 2 nitrogen and oxygen atoms in total. The maximum atomic E-state index is 11.5. The maximum absolute atomic E-state index is 11.5. The molecule has 0 atom stereocenters. The zero-order chi connectivity index (χ0) is 13.8. The summed E-state index contributed by atoms with van der Waals surface area (Å²) in [6.45, 7) is 1.83. The van der Waals surface area contributed by atoms with Crippen molar-refractivity contribution in [3.63, 3.8) is 0 Å². The first-order chi connectivity index (χ1) is 9.10. The van der Waals surface area contributed by atoms with Gasteiger partial charge in [-0.3, -0.25) is 4.79 Å². The molecule has 0 bridgehead atoms. The van der Waals surface area contributed by atoms with E-state index in [0.29, 0.717) is 33.5 Å². The second-order valence-electron chi connectivity index (χ2n) is 3.98. The molecule has 0 saturated heterocycles. The van der Waals surface area contributed by atoms with Gasteiger partial charge < -0.3 is 4.74 Å². The van der Waals surface area contributed by atoms with Crippen LogP contribution in [-0.2, 0) is 0 Å². The van der Waals surface area contributed by atoms with E-state index in [9.17, 15) is 4.79 Å². The Morgan fingerprint density at radius 3 is 2.37 bits per heavy atom. The Morgan fingerprint density at radius 2 is 1.79 bits per heavy atom. The molecule has 0 amide bonds. The van der Waals surface area contributed by atoms with Gasteiger partial charge in [-0.05, 0) is 42.5 Å². The average molecular weight is 295 g/mol. The highest BCUT2D eigenvalue weighted by molar-refractivity contribution is 6.35. The predicted molar refractivity (Wildman–Crippen MR) is 77.6 cm³/mol. The average Bonchev–Trinajstić information content (AvgIpc) is 2.42. The van der Waals surface area contributed by atoms with Gasteiger partial charge in [-0.2, -0.15) is 0 Å². The highest BCUT2D eigenvalue weighted by atomic mass is 35.5. The molecule has 0 aromatic heterocycles. The highest BCUT2D eigenvalue weighted by Gasteiger charge is 2.06. The molecule has 0 fully saturated rings. The van der Waals surface area contributed by atoms with Gasteiger partial charge in [0.15, 0.2) is 5.78 Å². The van der Waals surface area contributed by atoms with Crippen molar-refractivity contribution in [3.8, 4) is 11.5 Å². The molecule has 2 aromatic carbocycles. The summed E-state index contributed by atoms with van der Waals surface area (Å²) < 4.78 is 5.63. The number of hydrogen-bond donors (Lipinski definition) is 0. The van der Waals surface area contributed by atoms with Crippen LogP contribution in [0.25, 0.3) is 0 Å². The number of hydrogen-bond acceptors (Lipinski definition) is 2. The van der Waals surface area contributed by atoms with Gasteiger partial charge in [0.25, 0.3) is 0 Å². The van der Waals surface area contributed by atoms with Crippen LogP contribution in [0, 0.1) is 0 Å². The molecule has 0 heterocycles. The maximum Gasteiger partial charge on any atom is 0.162 e. The van der Waals surface area contributed by atoms with Gasteiger partial charge in [-0.25, -0.2) is 0 Å². The third kappa shape index (κ3) is 3.49. The molecule has 0 aliphatic rings. The van der Waals surface area contributed by atoms with E-state index in [-0.39, 0.29) is 5.78 Å². The number of ether oxygens (including phenoxy) is 1. The molecular weight excluding hydrogens is 283 g/mol. The van der Waals surface area contributed by atoms with Crippen molar-refractivity contribution in [3.05, 3.63) is 58.1 Å². The number of carbonyl (C=O) groups excluding carboxylic acids is 1. The third-order valence-corrected chi connectivity index (χ3v) is 3.15. The summed E-state index contributed by atoms with van der Waals surface area (Å²) in [5, 5.41) is 1.00. The van der Waals surface area contributed by atoms with Gasteiger partial charge in [0.2, 0.25) is 0 Å². The van der Waals surface area contributed by atoms with Crippen LogP contribution in [0.4, 0.5) is 0 Å². The highest BCUT2D eigenvalue weighted by Crippen LogP contribution is 2.31. The number of carbonyl (C=O) groups is 1. The van der Waals surface area contributed by atoms with E-state index in [4.69, 9.17) is 27.9 Å². The Kier molecular flexibility index (Phi) is 4.46. The SMILES string of the molecule is CCC(=O)c1ccc(Oc2ccc(Cl)cc2Cl)cc1. The van der Waals surface area contributed by atoms with E-state index in [1.54, 1.807) is 42.5 Å². The van der Waals surface area contributed by atoms with Gasteiger partial charge in [0.05, 0.1) is 5.02 Å². The predicted octanol–water partition coefficient (Wildman–Crippen LogP) is 5.38. The minimum absolute atomic E-state index is 0.107. The fourth-order valence-corrected chi connectivity index (χ4v) is 2.05. The number of Topliss-reactive ketones (excluding diaryl/α,β-unsaturated/α-hetero) is 1. The van der Waals surface area contributed by atoms with Crippen molar-refractivity contribution in [2.75, 3.05) is 0 Å². The Labute approximate surface area is 121 Å². The lowest BCUT2D eigenvalue weighted by Crippen LogP contribution is -1.95. The van der Waals surface area contributed by atoms with Gasteiger partial charge in [0.1, 0.15) is 11.5 Å². The van der Waals surface area contributed by atoms with Crippen molar-refractivity contribution in [2.24, 2.45) is 0 Å². The lowest BCUT2D eigenvalue weighted by atomic mass is 10.1. The quantitative estimate of drug-likeness (QED) is 0.708. The standard InChI is InChI=1S/C15H12Cl2O2/c1-2-14(18)10-3-6-12(7-4-10)19-15-8-5-11(16)9-13(15)17/h3-9H,2H2,1H3. The van der Waals surface area contributed by atoms with E-state index in [1.165, 1.54) is 0 Å². The Balaban J connectivity index is 2.17. The summed E-state index contributed by atoms with van der Waals surface area (Å²) in [5.74, 6) is 1.26. The molecule has 2 rings (SSSR count). The molecule has 2 aromatic rings. The van der Waals surface area contributed by atoms with Crippen LogP contribution < -0.4 is 4.74 Å². The summed E-state index contributed by atoms with van der Waals surface area (Å²) in [7, 11) is 0. The summed E-state index contributed by atoms with van der Waals surface area (Å²) in [6.07, 6.45) is 0.489. The number of rotatable bonds is 4. The largest absolute Gasteiger partial charge is 0.456 e. The molecule has 4 heteroatoms. The second kappa shape index (κ2) is 6.09. The Morgan fingerprint density at radius 1 is 1.11 bits per heavy atom. The monoisotopic (exact) mass is 294 g/mol. The molecule has 0 aliphatic carbocycles. The van der Waals surface area contributed by atoms with Gasteiger partial charge in [-0.1, -0.05) is 30.1 Å². The van der Waals surface area contributed by atoms with E-state index < -0.39 is 0 Å².